The van der Waals surface area contributed by atoms with Gasteiger partial charge in [0.1, 0.15) is 11.4 Å². The van der Waals surface area contributed by atoms with Crippen molar-refractivity contribution in [2.45, 2.75) is 6.92 Å². The number of hydrogen-bond acceptors (Lipinski definition) is 4. The molecule has 4 rings (SSSR count). The van der Waals surface area contributed by atoms with Crippen molar-refractivity contribution < 1.29 is 5.11 Å². The van der Waals surface area contributed by atoms with Crippen LogP contribution in [0.25, 0.3) is 10.9 Å². The molecule has 29 heavy (non-hydrogen) atoms. The summed E-state index contributed by atoms with van der Waals surface area (Å²) < 4.78 is 0. The lowest BCUT2D eigenvalue weighted by Gasteiger charge is -2.07. The van der Waals surface area contributed by atoms with Crippen molar-refractivity contribution >= 4 is 28.6 Å². The Hall–Kier alpha value is -3.99. The highest BCUT2D eigenvalue weighted by molar-refractivity contribution is 6.00. The fraction of sp³-hybridized carbons (Fsp3) is 0.0417. The van der Waals surface area contributed by atoms with E-state index in [1.54, 1.807) is 24.4 Å². The van der Waals surface area contributed by atoms with E-state index in [0.29, 0.717) is 11.5 Å². The smallest absolute Gasteiger partial charge is 0.173 e. The average Bonchev–Trinajstić information content (AvgIpc) is 2.74. The Morgan fingerprint density at radius 1 is 0.931 bits per heavy atom. The van der Waals surface area contributed by atoms with E-state index >= 15 is 0 Å². The summed E-state index contributed by atoms with van der Waals surface area (Å²) in [6, 6.07) is 26.7. The first kappa shape index (κ1) is 18.4. The molecule has 0 atom stereocenters. The van der Waals surface area contributed by atoms with Crippen LogP contribution in [0.2, 0.25) is 0 Å². The lowest BCUT2D eigenvalue weighted by Crippen LogP contribution is -2.20. The number of benzene rings is 3. The normalized spacial score (nSPS) is 11.8. The summed E-state index contributed by atoms with van der Waals surface area (Å²) >= 11 is 0. The Morgan fingerprint density at radius 2 is 1.76 bits per heavy atom. The van der Waals surface area contributed by atoms with Crippen molar-refractivity contribution in [3.8, 4) is 5.75 Å². The molecule has 0 amide bonds. The van der Waals surface area contributed by atoms with Gasteiger partial charge in [0.05, 0.1) is 17.4 Å². The minimum atomic E-state index is 0.193. The van der Waals surface area contributed by atoms with Gasteiger partial charge in [-0.2, -0.15) is 5.10 Å². The maximum Gasteiger partial charge on any atom is 0.173 e. The van der Waals surface area contributed by atoms with Gasteiger partial charge in [-0.1, -0.05) is 54.1 Å². The first-order valence-electron chi connectivity index (χ1n) is 9.27. The van der Waals surface area contributed by atoms with Crippen LogP contribution in [0.15, 0.2) is 95.0 Å². The van der Waals surface area contributed by atoms with Crippen LogP contribution < -0.4 is 5.43 Å². The zero-order chi connectivity index (χ0) is 20.1. The van der Waals surface area contributed by atoms with Crippen molar-refractivity contribution in [1.82, 2.24) is 10.4 Å². The third-order valence-electron chi connectivity index (χ3n) is 4.37. The van der Waals surface area contributed by atoms with E-state index in [9.17, 15) is 5.11 Å². The molecular weight excluding hydrogens is 360 g/mol. The summed E-state index contributed by atoms with van der Waals surface area (Å²) in [6.07, 6.45) is 1.63. The monoisotopic (exact) mass is 380 g/mol. The van der Waals surface area contributed by atoms with E-state index in [-0.39, 0.29) is 5.75 Å². The fourth-order valence-corrected chi connectivity index (χ4v) is 2.86. The highest BCUT2D eigenvalue weighted by Gasteiger charge is 2.06. The molecule has 0 aliphatic heterocycles. The number of aromatic nitrogens is 1. The lowest BCUT2D eigenvalue weighted by molar-refractivity contribution is 0.475. The number of hydrazone groups is 1. The van der Waals surface area contributed by atoms with E-state index in [1.165, 1.54) is 5.56 Å². The van der Waals surface area contributed by atoms with Crippen LogP contribution >= 0.6 is 0 Å². The summed E-state index contributed by atoms with van der Waals surface area (Å²) in [4.78, 5) is 9.43. The van der Waals surface area contributed by atoms with E-state index in [1.807, 2.05) is 73.7 Å². The van der Waals surface area contributed by atoms with Crippen molar-refractivity contribution in [2.24, 2.45) is 10.1 Å². The molecule has 0 aliphatic carbocycles. The van der Waals surface area contributed by atoms with Gasteiger partial charge in [0.25, 0.3) is 0 Å². The van der Waals surface area contributed by atoms with Gasteiger partial charge in [0.15, 0.2) is 5.84 Å². The molecule has 1 heterocycles. The van der Waals surface area contributed by atoms with Gasteiger partial charge in [-0.05, 0) is 48.9 Å². The number of phenolic OH excluding ortho intramolecular Hbond substituents is 1. The molecule has 0 spiro atoms. The van der Waals surface area contributed by atoms with Crippen molar-refractivity contribution in [3.63, 3.8) is 0 Å². The number of nitrogens with zero attached hydrogens (tertiary/aromatic N) is 3. The van der Waals surface area contributed by atoms with Crippen molar-refractivity contribution in [3.05, 3.63) is 102 Å². The Kier molecular flexibility index (Phi) is 5.29. The molecule has 0 aliphatic rings. The van der Waals surface area contributed by atoms with Crippen LogP contribution in [0, 0.1) is 6.92 Å². The van der Waals surface area contributed by atoms with E-state index < -0.39 is 0 Å². The molecule has 0 unspecified atom stereocenters. The maximum absolute atomic E-state index is 9.60. The van der Waals surface area contributed by atoms with Crippen LogP contribution in [0.5, 0.6) is 5.75 Å². The largest absolute Gasteiger partial charge is 0.508 e. The zero-order valence-corrected chi connectivity index (χ0v) is 15.9. The van der Waals surface area contributed by atoms with Gasteiger partial charge < -0.3 is 5.11 Å². The quantitative estimate of drug-likeness (QED) is 0.299. The number of phenols is 1. The average molecular weight is 380 g/mol. The molecule has 0 radical (unpaired) electrons. The molecule has 4 aromatic rings. The number of aryl methyl sites for hydroxylation is 1. The minimum absolute atomic E-state index is 0.193. The Morgan fingerprint density at radius 3 is 2.59 bits per heavy atom. The lowest BCUT2D eigenvalue weighted by atomic mass is 10.2. The summed E-state index contributed by atoms with van der Waals surface area (Å²) in [5, 5.41) is 15.0. The zero-order valence-electron chi connectivity index (χ0n) is 15.9. The van der Waals surface area contributed by atoms with Gasteiger partial charge in [-0.3, -0.25) is 5.43 Å². The van der Waals surface area contributed by atoms with Crippen LogP contribution in [-0.2, 0) is 0 Å². The van der Waals surface area contributed by atoms with Gasteiger partial charge >= 0.3 is 0 Å². The number of pyridine rings is 1. The summed E-state index contributed by atoms with van der Waals surface area (Å²) in [7, 11) is 0. The summed E-state index contributed by atoms with van der Waals surface area (Å²) in [5.74, 6) is 0.731. The first-order chi connectivity index (χ1) is 14.2. The van der Waals surface area contributed by atoms with Crippen LogP contribution in [0.1, 0.15) is 16.8 Å². The number of hydrogen-bond donors (Lipinski definition) is 2. The Balaban J connectivity index is 1.68. The van der Waals surface area contributed by atoms with E-state index in [2.05, 4.69) is 10.5 Å². The van der Waals surface area contributed by atoms with Crippen LogP contribution in [0.4, 0.5) is 5.69 Å². The molecule has 5 nitrogen and oxygen atoms in total. The maximum atomic E-state index is 9.60. The molecular formula is C24H20N4O. The highest BCUT2D eigenvalue weighted by Crippen LogP contribution is 2.16. The Labute approximate surface area is 169 Å². The molecule has 0 bridgehead atoms. The second kappa shape index (κ2) is 8.35. The second-order valence-electron chi connectivity index (χ2n) is 6.65. The topological polar surface area (TPSA) is 69.9 Å². The molecule has 1 aromatic heterocycles. The molecule has 5 heteroatoms. The van der Waals surface area contributed by atoms with Crippen LogP contribution in [0.3, 0.4) is 0 Å². The number of amidine groups is 1. The van der Waals surface area contributed by atoms with E-state index in [4.69, 9.17) is 9.98 Å². The molecule has 142 valence electrons. The third-order valence-corrected chi connectivity index (χ3v) is 4.37. The fourth-order valence-electron chi connectivity index (χ4n) is 2.86. The number of rotatable bonds is 4. The number of nitrogens with one attached hydrogen (secondary N) is 1. The standard InChI is InChI=1S/C24H20N4O/c1-17-9-12-20(13-10-17)26-24(28-25-16-18-5-4-7-21(29)15-18)23-14-11-19-6-2-3-8-22(19)27-23/h2-16,29H,1H3,(H,26,28). The number of aromatic hydroxyl groups is 1. The van der Waals surface area contributed by atoms with Crippen LogP contribution in [-0.4, -0.2) is 22.1 Å². The summed E-state index contributed by atoms with van der Waals surface area (Å²) in [5.41, 5.74) is 7.34. The molecule has 2 N–H and O–H groups in total. The van der Waals surface area contributed by atoms with Gasteiger partial charge in [-0.25, -0.2) is 9.98 Å². The number of para-hydroxylation sites is 1. The first-order valence-corrected chi connectivity index (χ1v) is 9.27. The molecule has 0 saturated heterocycles. The number of aliphatic imine (C=N–C) groups is 1. The Bertz CT molecular complexity index is 1200. The molecule has 0 saturated carbocycles. The van der Waals surface area contributed by atoms with Gasteiger partial charge in [0.2, 0.25) is 0 Å². The number of fused-ring (bicyclic) bond motifs is 1. The molecule has 3 aromatic carbocycles. The SMILES string of the molecule is Cc1ccc(N=C(NN=Cc2cccc(O)c2)c2ccc3ccccc3n2)cc1. The van der Waals surface area contributed by atoms with E-state index in [0.717, 1.165) is 22.2 Å². The minimum Gasteiger partial charge on any atom is -0.508 e. The highest BCUT2D eigenvalue weighted by atomic mass is 16.3. The van der Waals surface area contributed by atoms with Crippen molar-refractivity contribution in [2.75, 3.05) is 0 Å². The molecule has 0 fully saturated rings. The second-order valence-corrected chi connectivity index (χ2v) is 6.65. The third kappa shape index (κ3) is 4.65. The van der Waals surface area contributed by atoms with Gasteiger partial charge in [-0.15, -0.1) is 0 Å². The predicted octanol–water partition coefficient (Wildman–Crippen LogP) is 4.95. The predicted molar refractivity (Wildman–Crippen MR) is 118 cm³/mol. The summed E-state index contributed by atoms with van der Waals surface area (Å²) in [6.45, 7) is 2.04. The van der Waals surface area contributed by atoms with Crippen molar-refractivity contribution in [1.29, 1.82) is 0 Å². The van der Waals surface area contributed by atoms with Gasteiger partial charge in [0, 0.05) is 5.39 Å².